The molecule has 4 rings (SSSR count). The summed E-state index contributed by atoms with van der Waals surface area (Å²) in [7, 11) is 1.35. The number of ether oxygens (including phenoxy) is 1. The van der Waals surface area contributed by atoms with E-state index in [-0.39, 0.29) is 5.91 Å². The number of benzene rings is 3. The van der Waals surface area contributed by atoms with Gasteiger partial charge in [0.1, 0.15) is 6.04 Å². The molecule has 0 aliphatic heterocycles. The zero-order valence-electron chi connectivity index (χ0n) is 23.3. The summed E-state index contributed by atoms with van der Waals surface area (Å²) in [5.41, 5.74) is 6.60. The van der Waals surface area contributed by atoms with E-state index in [1.54, 1.807) is 23.1 Å². The summed E-state index contributed by atoms with van der Waals surface area (Å²) in [6, 6.07) is 23.6. The maximum Gasteiger partial charge on any atom is 0.328 e. The standard InChI is InChI=1S/C32H35N3O3S2/c1-22-10-8-9-13-27(22)29-18-24(14-15-28(29)31(36)34-30(16-17-39-4)32(37)38-3)19-35(26-11-6-5-7-12-26)20-25-21-40-23(2)33-25/h5-15,18,21,30H,16-17,19-20H2,1-4H3,(H,34,36). The molecule has 1 heterocycles. The van der Waals surface area contributed by atoms with Gasteiger partial charge in [0.25, 0.3) is 5.91 Å². The number of thiazole rings is 1. The Balaban J connectivity index is 1.70. The molecule has 4 aromatic rings. The highest BCUT2D eigenvalue weighted by molar-refractivity contribution is 7.98. The van der Waals surface area contributed by atoms with Crippen LogP contribution in [0.15, 0.2) is 78.2 Å². The molecule has 1 unspecified atom stereocenters. The second-order valence-corrected chi connectivity index (χ2v) is 11.6. The van der Waals surface area contributed by atoms with Crippen molar-refractivity contribution in [2.45, 2.75) is 39.4 Å². The van der Waals surface area contributed by atoms with Crippen LogP contribution in [0.1, 0.15) is 38.6 Å². The monoisotopic (exact) mass is 573 g/mol. The van der Waals surface area contributed by atoms with Crippen molar-refractivity contribution in [3.63, 3.8) is 0 Å². The average Bonchev–Trinajstić information content (AvgIpc) is 3.39. The first-order valence-corrected chi connectivity index (χ1v) is 15.4. The summed E-state index contributed by atoms with van der Waals surface area (Å²) in [4.78, 5) is 33.0. The van der Waals surface area contributed by atoms with Crippen LogP contribution in [-0.4, -0.2) is 42.0 Å². The number of methoxy groups -OCH3 is 1. The number of hydrogen-bond acceptors (Lipinski definition) is 7. The third kappa shape index (κ3) is 7.52. The van der Waals surface area contributed by atoms with Gasteiger partial charge in [-0.3, -0.25) is 4.79 Å². The molecule has 6 nitrogen and oxygen atoms in total. The fraction of sp³-hybridized carbons (Fsp3) is 0.281. The number of anilines is 1. The molecule has 8 heteroatoms. The molecule has 0 aliphatic carbocycles. The van der Waals surface area contributed by atoms with Crippen molar-refractivity contribution in [3.8, 4) is 11.1 Å². The molecule has 0 fully saturated rings. The Morgan fingerprint density at radius 2 is 1.75 bits per heavy atom. The third-order valence-electron chi connectivity index (χ3n) is 6.68. The Labute approximate surface area is 244 Å². The maximum atomic E-state index is 13.6. The molecule has 0 saturated heterocycles. The second kappa shape index (κ2) is 14.1. The van der Waals surface area contributed by atoms with Crippen LogP contribution in [0.5, 0.6) is 0 Å². The minimum atomic E-state index is -0.704. The maximum absolute atomic E-state index is 13.6. The van der Waals surface area contributed by atoms with Crippen LogP contribution in [0.2, 0.25) is 0 Å². The molecule has 1 amide bonds. The normalized spacial score (nSPS) is 11.6. The lowest BCUT2D eigenvalue weighted by atomic mass is 9.93. The molecule has 0 saturated carbocycles. The number of para-hydroxylation sites is 1. The largest absolute Gasteiger partial charge is 0.467 e. The van der Waals surface area contributed by atoms with Gasteiger partial charge in [0.2, 0.25) is 0 Å². The van der Waals surface area contributed by atoms with Gasteiger partial charge in [0, 0.05) is 23.2 Å². The number of thioether (sulfide) groups is 1. The van der Waals surface area contributed by atoms with E-state index < -0.39 is 12.0 Å². The van der Waals surface area contributed by atoms with Crippen molar-refractivity contribution in [2.75, 3.05) is 24.0 Å². The Bertz CT molecular complexity index is 1440. The van der Waals surface area contributed by atoms with Crippen molar-refractivity contribution in [1.29, 1.82) is 0 Å². The van der Waals surface area contributed by atoms with Crippen LogP contribution in [0, 0.1) is 13.8 Å². The molecule has 0 aliphatic rings. The molecule has 1 aromatic heterocycles. The number of aromatic nitrogens is 1. The van der Waals surface area contributed by atoms with E-state index in [0.717, 1.165) is 44.4 Å². The summed E-state index contributed by atoms with van der Waals surface area (Å²) < 4.78 is 4.96. The van der Waals surface area contributed by atoms with Crippen molar-refractivity contribution in [1.82, 2.24) is 10.3 Å². The number of amides is 1. The molecule has 208 valence electrons. The predicted molar refractivity (Wildman–Crippen MR) is 166 cm³/mol. The third-order valence-corrected chi connectivity index (χ3v) is 8.15. The zero-order valence-corrected chi connectivity index (χ0v) is 25.0. The van der Waals surface area contributed by atoms with Gasteiger partial charge in [-0.05, 0) is 78.8 Å². The van der Waals surface area contributed by atoms with Crippen molar-refractivity contribution in [3.05, 3.63) is 106 Å². The molecule has 40 heavy (non-hydrogen) atoms. The molecule has 3 aromatic carbocycles. The lowest BCUT2D eigenvalue weighted by Crippen LogP contribution is -2.42. The van der Waals surface area contributed by atoms with Crippen LogP contribution in [0.3, 0.4) is 0 Å². The number of esters is 1. The Morgan fingerprint density at radius 3 is 2.42 bits per heavy atom. The quantitative estimate of drug-likeness (QED) is 0.191. The van der Waals surface area contributed by atoms with Crippen LogP contribution in [0.4, 0.5) is 5.69 Å². The number of hydrogen-bond donors (Lipinski definition) is 1. The average molecular weight is 574 g/mol. The van der Waals surface area contributed by atoms with Crippen molar-refractivity contribution >= 4 is 40.7 Å². The van der Waals surface area contributed by atoms with E-state index in [9.17, 15) is 9.59 Å². The van der Waals surface area contributed by atoms with E-state index in [1.165, 1.54) is 7.11 Å². The van der Waals surface area contributed by atoms with Crippen molar-refractivity contribution in [2.24, 2.45) is 0 Å². The van der Waals surface area contributed by atoms with Gasteiger partial charge >= 0.3 is 5.97 Å². The summed E-state index contributed by atoms with van der Waals surface area (Å²) in [5, 5.41) is 6.07. The molecule has 0 spiro atoms. The van der Waals surface area contributed by atoms with Gasteiger partial charge in [0.15, 0.2) is 0 Å². The van der Waals surface area contributed by atoms with E-state index >= 15 is 0 Å². The van der Waals surface area contributed by atoms with E-state index in [4.69, 9.17) is 4.74 Å². The zero-order chi connectivity index (χ0) is 28.5. The first kappa shape index (κ1) is 29.4. The summed E-state index contributed by atoms with van der Waals surface area (Å²) in [6.45, 7) is 5.37. The molecular formula is C32H35N3O3S2. The SMILES string of the molecule is COC(=O)C(CCSC)NC(=O)c1ccc(CN(Cc2csc(C)n2)c2ccccc2)cc1-c1ccccc1C. The Morgan fingerprint density at radius 1 is 1.00 bits per heavy atom. The number of aryl methyl sites for hydroxylation is 2. The predicted octanol–water partition coefficient (Wildman–Crippen LogP) is 6.66. The van der Waals surface area contributed by atoms with Gasteiger partial charge in [-0.1, -0.05) is 48.5 Å². The molecule has 1 N–H and O–H groups in total. The summed E-state index contributed by atoms with van der Waals surface area (Å²) in [5.74, 6) is 0.00342. The highest BCUT2D eigenvalue weighted by Crippen LogP contribution is 2.30. The fourth-order valence-electron chi connectivity index (χ4n) is 4.62. The minimum absolute atomic E-state index is 0.292. The topological polar surface area (TPSA) is 71.5 Å². The molecule has 1 atom stereocenters. The number of carbonyl (C=O) groups is 2. The first-order chi connectivity index (χ1) is 19.4. The van der Waals surface area contributed by atoms with E-state index in [0.29, 0.717) is 25.1 Å². The smallest absolute Gasteiger partial charge is 0.328 e. The number of nitrogens with one attached hydrogen (secondary N) is 1. The molecule has 0 bridgehead atoms. The summed E-state index contributed by atoms with van der Waals surface area (Å²) in [6.07, 6.45) is 2.47. The minimum Gasteiger partial charge on any atom is -0.467 e. The molecular weight excluding hydrogens is 539 g/mol. The number of nitrogens with zero attached hydrogens (tertiary/aromatic N) is 2. The summed E-state index contributed by atoms with van der Waals surface area (Å²) >= 11 is 3.27. The lowest BCUT2D eigenvalue weighted by molar-refractivity contribution is -0.142. The fourth-order valence-corrected chi connectivity index (χ4v) is 5.70. The highest BCUT2D eigenvalue weighted by Gasteiger charge is 2.24. The number of carbonyl (C=O) groups excluding carboxylic acids is 2. The van der Waals surface area contributed by atoms with Gasteiger partial charge in [-0.2, -0.15) is 11.8 Å². The molecule has 0 radical (unpaired) electrons. The van der Waals surface area contributed by atoms with Crippen molar-refractivity contribution < 1.29 is 14.3 Å². The van der Waals surface area contributed by atoms with Crippen LogP contribution < -0.4 is 10.2 Å². The Hall–Kier alpha value is -3.62. The lowest BCUT2D eigenvalue weighted by Gasteiger charge is -2.25. The van der Waals surface area contributed by atoms with E-state index in [1.807, 2.05) is 74.7 Å². The van der Waals surface area contributed by atoms with Crippen LogP contribution >= 0.6 is 23.1 Å². The van der Waals surface area contributed by atoms with Gasteiger partial charge < -0.3 is 15.0 Å². The van der Waals surface area contributed by atoms with Crippen LogP contribution in [0.25, 0.3) is 11.1 Å². The second-order valence-electron chi connectivity index (χ2n) is 9.58. The number of rotatable bonds is 12. The Kier molecular flexibility index (Phi) is 10.4. The van der Waals surface area contributed by atoms with Gasteiger partial charge in [-0.15, -0.1) is 11.3 Å². The van der Waals surface area contributed by atoms with Crippen LogP contribution in [-0.2, 0) is 22.6 Å². The highest BCUT2D eigenvalue weighted by atomic mass is 32.2. The van der Waals surface area contributed by atoms with Gasteiger partial charge in [-0.25, -0.2) is 9.78 Å². The van der Waals surface area contributed by atoms with Gasteiger partial charge in [0.05, 0.1) is 24.4 Å². The first-order valence-electron chi connectivity index (χ1n) is 13.2. The van der Waals surface area contributed by atoms with E-state index in [2.05, 4.69) is 38.8 Å².